The second-order valence-corrected chi connectivity index (χ2v) is 6.39. The van der Waals surface area contributed by atoms with Gasteiger partial charge in [0.05, 0.1) is 0 Å². The van der Waals surface area contributed by atoms with Crippen LogP contribution in [0.1, 0.15) is 24.4 Å². The van der Waals surface area contributed by atoms with E-state index in [2.05, 4.69) is 33.0 Å². The molecule has 1 fully saturated rings. The number of aromatic nitrogens is 4. The fourth-order valence-electron chi connectivity index (χ4n) is 3.80. The standard InChI is InChI=1S/C17H19N5O/c23-17(18-10-15-9-12-6-7-14(15)8-12)16(22-11-19-20-21-22)13-4-2-1-3-5-13/h1-7,11-12,14-16H,8-10H2,(H,18,23)/t12-,14+,15-,16+/m0/s1. The van der Waals surface area contributed by atoms with Crippen LogP contribution in [0.2, 0.25) is 0 Å². The zero-order valence-electron chi connectivity index (χ0n) is 12.7. The summed E-state index contributed by atoms with van der Waals surface area (Å²) in [6.45, 7) is 0.718. The Hall–Kier alpha value is -2.50. The third-order valence-electron chi connectivity index (χ3n) is 4.95. The van der Waals surface area contributed by atoms with E-state index in [4.69, 9.17) is 0 Å². The maximum Gasteiger partial charge on any atom is 0.249 e. The third kappa shape index (κ3) is 2.76. The van der Waals surface area contributed by atoms with Gasteiger partial charge in [-0.25, -0.2) is 4.68 Å². The molecule has 1 heterocycles. The number of nitrogens with one attached hydrogen (secondary N) is 1. The van der Waals surface area contributed by atoms with Crippen molar-refractivity contribution >= 4 is 5.91 Å². The molecular formula is C17H19N5O. The molecule has 0 radical (unpaired) electrons. The third-order valence-corrected chi connectivity index (χ3v) is 4.95. The molecule has 1 aromatic heterocycles. The molecule has 2 aliphatic carbocycles. The van der Waals surface area contributed by atoms with Gasteiger partial charge in [0.15, 0.2) is 6.04 Å². The number of allylic oxidation sites excluding steroid dienone is 2. The summed E-state index contributed by atoms with van der Waals surface area (Å²) in [5.41, 5.74) is 0.880. The van der Waals surface area contributed by atoms with Crippen molar-refractivity contribution in [2.75, 3.05) is 6.54 Å². The SMILES string of the molecule is O=C(NC[C@@H]1C[C@H]2C=C[C@@H]1C2)[C@@H](c1ccccc1)n1cnnn1. The summed E-state index contributed by atoms with van der Waals surface area (Å²) < 4.78 is 1.51. The predicted octanol–water partition coefficient (Wildman–Crippen LogP) is 1.59. The van der Waals surface area contributed by atoms with Gasteiger partial charge >= 0.3 is 0 Å². The van der Waals surface area contributed by atoms with Crippen LogP contribution in [-0.4, -0.2) is 32.7 Å². The lowest BCUT2D eigenvalue weighted by atomic mass is 9.93. The highest BCUT2D eigenvalue weighted by Crippen LogP contribution is 2.43. The van der Waals surface area contributed by atoms with Gasteiger partial charge in [-0.05, 0) is 46.6 Å². The van der Waals surface area contributed by atoms with Gasteiger partial charge in [-0.15, -0.1) is 5.10 Å². The largest absolute Gasteiger partial charge is 0.354 e. The van der Waals surface area contributed by atoms with Crippen LogP contribution in [0.15, 0.2) is 48.8 Å². The van der Waals surface area contributed by atoms with Crippen LogP contribution in [0.3, 0.4) is 0 Å². The maximum absolute atomic E-state index is 12.8. The molecule has 0 aliphatic heterocycles. The van der Waals surface area contributed by atoms with Crippen molar-refractivity contribution in [2.24, 2.45) is 17.8 Å². The Morgan fingerprint density at radius 2 is 2.13 bits per heavy atom. The van der Waals surface area contributed by atoms with E-state index in [9.17, 15) is 4.79 Å². The second-order valence-electron chi connectivity index (χ2n) is 6.39. The Balaban J connectivity index is 1.48. The molecule has 2 aliphatic rings. The van der Waals surface area contributed by atoms with Crippen molar-refractivity contribution in [1.82, 2.24) is 25.5 Å². The summed E-state index contributed by atoms with van der Waals surface area (Å²) >= 11 is 0. The lowest BCUT2D eigenvalue weighted by Gasteiger charge is -2.21. The molecule has 0 saturated heterocycles. The molecular weight excluding hydrogens is 290 g/mol. The van der Waals surface area contributed by atoms with E-state index in [1.165, 1.54) is 23.9 Å². The van der Waals surface area contributed by atoms with Gasteiger partial charge in [0.2, 0.25) is 5.91 Å². The van der Waals surface area contributed by atoms with Gasteiger partial charge in [-0.2, -0.15) is 0 Å². The lowest BCUT2D eigenvalue weighted by Crippen LogP contribution is -2.37. The van der Waals surface area contributed by atoms with E-state index >= 15 is 0 Å². The smallest absolute Gasteiger partial charge is 0.249 e. The van der Waals surface area contributed by atoms with Gasteiger partial charge in [-0.1, -0.05) is 42.5 Å². The molecule has 1 N–H and O–H groups in total. The number of benzene rings is 1. The number of fused-ring (bicyclic) bond motifs is 2. The van der Waals surface area contributed by atoms with Crippen LogP contribution in [0.25, 0.3) is 0 Å². The number of carbonyl (C=O) groups is 1. The van der Waals surface area contributed by atoms with E-state index < -0.39 is 6.04 Å². The monoisotopic (exact) mass is 309 g/mol. The fourth-order valence-corrected chi connectivity index (χ4v) is 3.80. The van der Waals surface area contributed by atoms with Crippen molar-refractivity contribution in [1.29, 1.82) is 0 Å². The molecule has 0 unspecified atom stereocenters. The molecule has 118 valence electrons. The number of hydrogen-bond acceptors (Lipinski definition) is 4. The predicted molar refractivity (Wildman–Crippen MR) is 84.3 cm³/mol. The number of amides is 1. The number of hydrogen-bond donors (Lipinski definition) is 1. The average molecular weight is 309 g/mol. The highest BCUT2D eigenvalue weighted by Gasteiger charge is 2.36. The van der Waals surface area contributed by atoms with E-state index in [1.807, 2.05) is 30.3 Å². The fraction of sp³-hybridized carbons (Fsp3) is 0.412. The van der Waals surface area contributed by atoms with E-state index in [1.54, 1.807) is 0 Å². The zero-order valence-corrected chi connectivity index (χ0v) is 12.7. The maximum atomic E-state index is 12.8. The van der Waals surface area contributed by atoms with Crippen LogP contribution in [0.4, 0.5) is 0 Å². The number of tetrazole rings is 1. The van der Waals surface area contributed by atoms with Crippen LogP contribution < -0.4 is 5.32 Å². The Kier molecular flexibility index (Phi) is 3.65. The highest BCUT2D eigenvalue weighted by atomic mass is 16.2. The first kappa shape index (κ1) is 14.1. The van der Waals surface area contributed by atoms with Crippen molar-refractivity contribution in [2.45, 2.75) is 18.9 Å². The molecule has 2 bridgehead atoms. The van der Waals surface area contributed by atoms with Gasteiger partial charge < -0.3 is 5.32 Å². The molecule has 2 aromatic rings. The van der Waals surface area contributed by atoms with Crippen LogP contribution in [0, 0.1) is 17.8 Å². The van der Waals surface area contributed by atoms with Crippen molar-refractivity contribution < 1.29 is 4.79 Å². The van der Waals surface area contributed by atoms with Gasteiger partial charge in [0.25, 0.3) is 0 Å². The molecule has 6 nitrogen and oxygen atoms in total. The normalized spacial score (nSPS) is 26.3. The first-order valence-electron chi connectivity index (χ1n) is 8.04. The number of carbonyl (C=O) groups excluding carboxylic acids is 1. The van der Waals surface area contributed by atoms with Crippen LogP contribution in [-0.2, 0) is 4.79 Å². The van der Waals surface area contributed by atoms with Crippen LogP contribution >= 0.6 is 0 Å². The van der Waals surface area contributed by atoms with Crippen molar-refractivity contribution in [3.8, 4) is 0 Å². The second kappa shape index (κ2) is 5.95. The van der Waals surface area contributed by atoms with Gasteiger partial charge in [0, 0.05) is 6.54 Å². The number of nitrogens with zero attached hydrogens (tertiary/aromatic N) is 4. The molecule has 23 heavy (non-hydrogen) atoms. The molecule has 4 rings (SSSR count). The molecule has 0 spiro atoms. The zero-order chi connectivity index (χ0) is 15.6. The van der Waals surface area contributed by atoms with Gasteiger partial charge in [0.1, 0.15) is 6.33 Å². The lowest BCUT2D eigenvalue weighted by molar-refractivity contribution is -0.123. The van der Waals surface area contributed by atoms with Crippen LogP contribution in [0.5, 0.6) is 0 Å². The first-order chi connectivity index (χ1) is 11.3. The Morgan fingerprint density at radius 1 is 1.26 bits per heavy atom. The Bertz CT molecular complexity index is 697. The van der Waals surface area contributed by atoms with Gasteiger partial charge in [-0.3, -0.25) is 4.79 Å². The summed E-state index contributed by atoms with van der Waals surface area (Å²) in [5, 5.41) is 14.3. The molecule has 1 amide bonds. The molecule has 1 aromatic carbocycles. The topological polar surface area (TPSA) is 72.7 Å². The molecule has 6 heteroatoms. The summed E-state index contributed by atoms with van der Waals surface area (Å²) in [4.78, 5) is 12.8. The first-order valence-corrected chi connectivity index (χ1v) is 8.04. The van der Waals surface area contributed by atoms with E-state index in [0.29, 0.717) is 17.8 Å². The summed E-state index contributed by atoms with van der Waals surface area (Å²) in [6.07, 6.45) is 8.54. The van der Waals surface area contributed by atoms with E-state index in [-0.39, 0.29) is 5.91 Å². The Labute approximate surface area is 134 Å². The molecule has 1 saturated carbocycles. The van der Waals surface area contributed by atoms with E-state index in [0.717, 1.165) is 12.1 Å². The number of rotatable bonds is 5. The van der Waals surface area contributed by atoms with Crippen molar-refractivity contribution in [3.63, 3.8) is 0 Å². The summed E-state index contributed by atoms with van der Waals surface area (Å²) in [5.74, 6) is 1.84. The minimum atomic E-state index is -0.527. The minimum absolute atomic E-state index is 0.0600. The van der Waals surface area contributed by atoms with Crippen molar-refractivity contribution in [3.05, 3.63) is 54.4 Å². The minimum Gasteiger partial charge on any atom is -0.354 e. The quantitative estimate of drug-likeness (QED) is 0.851. The molecule has 4 atom stereocenters. The summed E-state index contributed by atoms with van der Waals surface area (Å²) in [7, 11) is 0. The summed E-state index contributed by atoms with van der Waals surface area (Å²) in [6, 6.07) is 9.08. The average Bonchev–Trinajstić information content (AvgIpc) is 3.32. The Morgan fingerprint density at radius 3 is 2.78 bits per heavy atom. The highest BCUT2D eigenvalue weighted by molar-refractivity contribution is 5.83.